The number of piperidine rings is 1. The summed E-state index contributed by atoms with van der Waals surface area (Å²) in [4.78, 5) is 13.3. The van der Waals surface area contributed by atoms with Crippen LogP contribution in [0.2, 0.25) is 0 Å². The van der Waals surface area contributed by atoms with Crippen LogP contribution in [0.5, 0.6) is 0 Å². The van der Waals surface area contributed by atoms with Gasteiger partial charge < -0.3 is 14.7 Å². The van der Waals surface area contributed by atoms with E-state index in [0.717, 1.165) is 32.5 Å². The number of nitrogens with zero attached hydrogens (tertiary/aromatic N) is 1. The summed E-state index contributed by atoms with van der Waals surface area (Å²) < 4.78 is 6.08. The first kappa shape index (κ1) is 15.8. The zero-order chi connectivity index (χ0) is 14.8. The third-order valence-corrected chi connectivity index (χ3v) is 4.86. The first-order valence-corrected chi connectivity index (χ1v) is 7.98. The molecule has 3 unspecified atom stereocenters. The number of rotatable bonds is 5. The number of carbonyl (C=O) groups is 1. The monoisotopic (exact) mass is 283 g/mol. The molecule has 2 aliphatic rings. The lowest BCUT2D eigenvalue weighted by Gasteiger charge is -2.36. The molecule has 2 heterocycles. The lowest BCUT2D eigenvalue weighted by Crippen LogP contribution is -2.42. The maximum absolute atomic E-state index is 10.9. The number of carboxylic acid groups (broad SMARTS) is 1. The van der Waals surface area contributed by atoms with Gasteiger partial charge in [-0.2, -0.15) is 0 Å². The molecule has 0 spiro atoms. The smallest absolute Gasteiger partial charge is 0.303 e. The molecule has 0 bridgehead atoms. The Bertz CT molecular complexity index is 343. The largest absolute Gasteiger partial charge is 0.481 e. The van der Waals surface area contributed by atoms with Crippen LogP contribution in [0, 0.1) is 11.8 Å². The predicted molar refractivity (Wildman–Crippen MR) is 78.8 cm³/mol. The van der Waals surface area contributed by atoms with Crippen molar-refractivity contribution in [3.63, 3.8) is 0 Å². The van der Waals surface area contributed by atoms with Crippen LogP contribution in [0.1, 0.15) is 52.9 Å². The van der Waals surface area contributed by atoms with Gasteiger partial charge in [-0.1, -0.05) is 6.92 Å². The Kier molecular flexibility index (Phi) is 5.08. The lowest BCUT2D eigenvalue weighted by atomic mass is 9.84. The molecule has 0 amide bonds. The van der Waals surface area contributed by atoms with Crippen LogP contribution in [0.4, 0.5) is 0 Å². The van der Waals surface area contributed by atoms with Crippen LogP contribution < -0.4 is 0 Å². The van der Waals surface area contributed by atoms with Crippen molar-refractivity contribution < 1.29 is 14.6 Å². The second kappa shape index (κ2) is 6.44. The van der Waals surface area contributed by atoms with Crippen LogP contribution in [-0.2, 0) is 9.53 Å². The van der Waals surface area contributed by atoms with E-state index in [1.165, 1.54) is 12.8 Å². The van der Waals surface area contributed by atoms with Gasteiger partial charge in [-0.25, -0.2) is 0 Å². The molecule has 3 atom stereocenters. The van der Waals surface area contributed by atoms with Gasteiger partial charge >= 0.3 is 5.97 Å². The van der Waals surface area contributed by atoms with E-state index in [-0.39, 0.29) is 11.5 Å². The molecule has 20 heavy (non-hydrogen) atoms. The molecule has 2 fully saturated rings. The van der Waals surface area contributed by atoms with Gasteiger partial charge in [0, 0.05) is 19.5 Å². The summed E-state index contributed by atoms with van der Waals surface area (Å²) in [5.74, 6) is 0.126. The van der Waals surface area contributed by atoms with Gasteiger partial charge in [-0.3, -0.25) is 4.79 Å². The minimum atomic E-state index is -0.671. The Hall–Kier alpha value is -0.610. The molecule has 0 aromatic heterocycles. The van der Waals surface area contributed by atoms with E-state index in [1.54, 1.807) is 0 Å². The van der Waals surface area contributed by atoms with E-state index in [9.17, 15) is 4.79 Å². The van der Waals surface area contributed by atoms with Crippen molar-refractivity contribution in [1.29, 1.82) is 0 Å². The molecule has 2 saturated heterocycles. The maximum Gasteiger partial charge on any atom is 0.303 e. The van der Waals surface area contributed by atoms with Gasteiger partial charge in [-0.05, 0) is 57.9 Å². The fourth-order valence-electron chi connectivity index (χ4n) is 3.66. The van der Waals surface area contributed by atoms with Gasteiger partial charge in [0.05, 0.1) is 11.7 Å². The van der Waals surface area contributed by atoms with Crippen LogP contribution in [0.15, 0.2) is 0 Å². The summed E-state index contributed by atoms with van der Waals surface area (Å²) in [7, 11) is 0. The summed E-state index contributed by atoms with van der Waals surface area (Å²) in [6.45, 7) is 9.60. The summed E-state index contributed by atoms with van der Waals surface area (Å²) in [6, 6.07) is 0. The average Bonchev–Trinajstić information content (AvgIpc) is 2.68. The summed E-state index contributed by atoms with van der Waals surface area (Å²) in [5, 5.41) is 8.93. The average molecular weight is 283 g/mol. The number of carboxylic acids is 1. The van der Waals surface area contributed by atoms with E-state index in [1.807, 2.05) is 0 Å². The van der Waals surface area contributed by atoms with Crippen molar-refractivity contribution in [3.05, 3.63) is 0 Å². The standard InChI is InChI=1S/C16H29NO3/c1-12(9-15(18)19)13-5-4-8-17(10-13)11-14-6-7-16(2,3)20-14/h12-14H,4-11H2,1-3H3,(H,18,19). The highest BCUT2D eigenvalue weighted by atomic mass is 16.5. The van der Waals surface area contributed by atoms with Gasteiger partial charge in [0.1, 0.15) is 0 Å². The Labute approximate surface area is 122 Å². The number of aliphatic carboxylic acids is 1. The molecule has 1 N–H and O–H groups in total. The third-order valence-electron chi connectivity index (χ3n) is 4.86. The van der Waals surface area contributed by atoms with Gasteiger partial charge in [-0.15, -0.1) is 0 Å². The van der Waals surface area contributed by atoms with Crippen molar-refractivity contribution in [2.45, 2.75) is 64.6 Å². The van der Waals surface area contributed by atoms with Crippen molar-refractivity contribution in [3.8, 4) is 0 Å². The molecule has 4 nitrogen and oxygen atoms in total. The normalized spacial score (nSPS) is 32.1. The van der Waals surface area contributed by atoms with E-state index < -0.39 is 5.97 Å². The molecule has 0 radical (unpaired) electrons. The van der Waals surface area contributed by atoms with Crippen molar-refractivity contribution in [2.24, 2.45) is 11.8 Å². The van der Waals surface area contributed by atoms with Crippen molar-refractivity contribution in [1.82, 2.24) is 4.90 Å². The molecule has 0 aromatic carbocycles. The highest BCUT2D eigenvalue weighted by Gasteiger charge is 2.34. The van der Waals surface area contributed by atoms with Crippen LogP contribution in [-0.4, -0.2) is 47.3 Å². The SMILES string of the molecule is CC(CC(=O)O)C1CCCN(CC2CCC(C)(C)O2)C1. The molecule has 2 rings (SSSR count). The second-order valence-corrected chi connectivity index (χ2v) is 7.28. The number of hydrogen-bond acceptors (Lipinski definition) is 3. The topological polar surface area (TPSA) is 49.8 Å². The van der Waals surface area contributed by atoms with E-state index in [2.05, 4.69) is 25.7 Å². The highest BCUT2D eigenvalue weighted by Crippen LogP contribution is 2.31. The van der Waals surface area contributed by atoms with Crippen LogP contribution in [0.25, 0.3) is 0 Å². The first-order chi connectivity index (χ1) is 9.35. The van der Waals surface area contributed by atoms with E-state index in [0.29, 0.717) is 18.4 Å². The zero-order valence-electron chi connectivity index (χ0n) is 13.1. The third kappa shape index (κ3) is 4.45. The number of ether oxygens (including phenoxy) is 1. The van der Waals surface area contributed by atoms with Crippen LogP contribution >= 0.6 is 0 Å². The summed E-state index contributed by atoms with van der Waals surface area (Å²) in [6.07, 6.45) is 5.31. The zero-order valence-corrected chi connectivity index (χ0v) is 13.1. The molecule has 4 heteroatoms. The van der Waals surface area contributed by atoms with Crippen LogP contribution in [0.3, 0.4) is 0 Å². The first-order valence-electron chi connectivity index (χ1n) is 7.98. The van der Waals surface area contributed by atoms with Crippen molar-refractivity contribution >= 4 is 5.97 Å². The number of hydrogen-bond donors (Lipinski definition) is 1. The molecule has 0 aromatic rings. The van der Waals surface area contributed by atoms with E-state index >= 15 is 0 Å². The molecule has 0 aliphatic carbocycles. The summed E-state index contributed by atoms with van der Waals surface area (Å²) >= 11 is 0. The molecule has 2 aliphatic heterocycles. The van der Waals surface area contributed by atoms with Gasteiger partial charge in [0.15, 0.2) is 0 Å². The fraction of sp³-hybridized carbons (Fsp3) is 0.938. The van der Waals surface area contributed by atoms with E-state index in [4.69, 9.17) is 9.84 Å². The van der Waals surface area contributed by atoms with Gasteiger partial charge in [0.2, 0.25) is 0 Å². The molecule has 116 valence electrons. The highest BCUT2D eigenvalue weighted by molar-refractivity contribution is 5.67. The second-order valence-electron chi connectivity index (χ2n) is 7.28. The lowest BCUT2D eigenvalue weighted by molar-refractivity contribution is -0.138. The minimum absolute atomic E-state index is 0.0381. The Balaban J connectivity index is 1.80. The number of likely N-dealkylation sites (tertiary alicyclic amines) is 1. The molecular formula is C16H29NO3. The predicted octanol–water partition coefficient (Wildman–Crippen LogP) is 2.77. The Morgan fingerprint density at radius 1 is 1.45 bits per heavy atom. The maximum atomic E-state index is 10.9. The fourth-order valence-corrected chi connectivity index (χ4v) is 3.66. The van der Waals surface area contributed by atoms with Gasteiger partial charge in [0.25, 0.3) is 0 Å². The minimum Gasteiger partial charge on any atom is -0.481 e. The molecule has 0 saturated carbocycles. The summed E-state index contributed by atoms with van der Waals surface area (Å²) in [5.41, 5.74) is 0.0381. The Morgan fingerprint density at radius 3 is 2.80 bits per heavy atom. The quantitative estimate of drug-likeness (QED) is 0.843. The molecular weight excluding hydrogens is 254 g/mol. The Morgan fingerprint density at radius 2 is 2.20 bits per heavy atom. The van der Waals surface area contributed by atoms with Crippen molar-refractivity contribution in [2.75, 3.05) is 19.6 Å².